The zero-order valence-corrected chi connectivity index (χ0v) is 15.4. The standard InChI is InChI=1S/C18H21F3N2OS/c1-5-6-10(2)23-16-11(3)13(17-22-7-8-25-17)9-14(12(4)24)15(16)18(19,20)21/h7-9,12,24H,5-6H2,1-4H3/b23-10-. The van der Waals surface area contributed by atoms with E-state index in [0.29, 0.717) is 28.3 Å². The highest BCUT2D eigenvalue weighted by Gasteiger charge is 2.39. The van der Waals surface area contributed by atoms with Gasteiger partial charge < -0.3 is 5.11 Å². The molecule has 1 atom stereocenters. The van der Waals surface area contributed by atoms with Crippen molar-refractivity contribution in [2.24, 2.45) is 4.99 Å². The molecule has 1 heterocycles. The second-order valence-corrected chi connectivity index (χ2v) is 6.86. The SMILES string of the molecule is CCC/C(C)=N\c1c(C)c(-c2nccs2)cc(C(C)O)c1C(F)(F)F. The number of halogens is 3. The Bertz CT molecular complexity index is 766. The summed E-state index contributed by atoms with van der Waals surface area (Å²) in [6, 6.07) is 1.38. The van der Waals surface area contributed by atoms with Crippen LogP contribution in [-0.4, -0.2) is 15.8 Å². The molecule has 0 saturated carbocycles. The number of hydrogen-bond donors (Lipinski definition) is 1. The Balaban J connectivity index is 2.86. The minimum Gasteiger partial charge on any atom is -0.389 e. The van der Waals surface area contributed by atoms with Crippen LogP contribution in [0.3, 0.4) is 0 Å². The van der Waals surface area contributed by atoms with Crippen molar-refractivity contribution in [1.82, 2.24) is 4.98 Å². The van der Waals surface area contributed by atoms with Gasteiger partial charge in [-0.2, -0.15) is 13.2 Å². The maximum absolute atomic E-state index is 13.8. The highest BCUT2D eigenvalue weighted by atomic mass is 32.1. The summed E-state index contributed by atoms with van der Waals surface area (Å²) in [6.07, 6.45) is -2.86. The summed E-state index contributed by atoms with van der Waals surface area (Å²) in [5.41, 5.74) is 0.456. The summed E-state index contributed by atoms with van der Waals surface area (Å²) in [5, 5.41) is 12.3. The highest BCUT2D eigenvalue weighted by Crippen LogP contribution is 2.46. The smallest absolute Gasteiger partial charge is 0.389 e. The van der Waals surface area contributed by atoms with Gasteiger partial charge in [0.2, 0.25) is 0 Å². The number of aliphatic imine (C=N–C) groups is 1. The molecule has 7 heteroatoms. The van der Waals surface area contributed by atoms with E-state index >= 15 is 0 Å². The molecular weight excluding hydrogens is 349 g/mol. The molecule has 25 heavy (non-hydrogen) atoms. The molecule has 3 nitrogen and oxygen atoms in total. The van der Waals surface area contributed by atoms with E-state index in [0.717, 1.165) is 6.42 Å². The summed E-state index contributed by atoms with van der Waals surface area (Å²) in [7, 11) is 0. The van der Waals surface area contributed by atoms with Gasteiger partial charge in [-0.1, -0.05) is 13.3 Å². The summed E-state index contributed by atoms with van der Waals surface area (Å²) in [4.78, 5) is 8.49. The van der Waals surface area contributed by atoms with Gasteiger partial charge in [-0.3, -0.25) is 4.99 Å². The fourth-order valence-electron chi connectivity index (χ4n) is 2.74. The molecule has 2 rings (SSSR count). The second kappa shape index (κ2) is 7.66. The predicted molar refractivity (Wildman–Crippen MR) is 95.6 cm³/mol. The quantitative estimate of drug-likeness (QED) is 0.648. The van der Waals surface area contributed by atoms with Crippen LogP contribution in [0.4, 0.5) is 18.9 Å². The molecule has 0 fully saturated rings. The fourth-order valence-corrected chi connectivity index (χ4v) is 3.45. The van der Waals surface area contributed by atoms with Crippen LogP contribution < -0.4 is 0 Å². The third-order valence-corrected chi connectivity index (χ3v) is 4.70. The van der Waals surface area contributed by atoms with Crippen molar-refractivity contribution >= 4 is 22.7 Å². The van der Waals surface area contributed by atoms with Crippen LogP contribution in [0.5, 0.6) is 0 Å². The number of alkyl halides is 3. The molecule has 0 aliphatic heterocycles. The average molecular weight is 370 g/mol. The molecule has 0 aliphatic carbocycles. The van der Waals surface area contributed by atoms with Gasteiger partial charge in [-0.25, -0.2) is 4.98 Å². The zero-order chi connectivity index (χ0) is 18.8. The van der Waals surface area contributed by atoms with Crippen LogP contribution in [0, 0.1) is 6.92 Å². The van der Waals surface area contributed by atoms with Gasteiger partial charge in [-0.05, 0) is 44.4 Å². The lowest BCUT2D eigenvalue weighted by Gasteiger charge is -2.21. The minimum atomic E-state index is -4.61. The Labute approximate surface area is 149 Å². The average Bonchev–Trinajstić information content (AvgIpc) is 3.01. The number of aromatic nitrogens is 1. The lowest BCUT2D eigenvalue weighted by atomic mass is 9.93. The lowest BCUT2D eigenvalue weighted by Crippen LogP contribution is -2.13. The van der Waals surface area contributed by atoms with Gasteiger partial charge in [0, 0.05) is 22.9 Å². The molecule has 1 aromatic heterocycles. The fraction of sp³-hybridized carbons (Fsp3) is 0.444. The molecule has 0 saturated heterocycles. The van der Waals surface area contributed by atoms with Crippen molar-refractivity contribution in [1.29, 1.82) is 0 Å². The molecule has 0 amide bonds. The number of rotatable bonds is 5. The monoisotopic (exact) mass is 370 g/mol. The normalized spacial score (nSPS) is 14.0. The maximum Gasteiger partial charge on any atom is 0.418 e. The zero-order valence-electron chi connectivity index (χ0n) is 14.6. The molecule has 0 spiro atoms. The van der Waals surface area contributed by atoms with Crippen molar-refractivity contribution < 1.29 is 18.3 Å². The summed E-state index contributed by atoms with van der Waals surface area (Å²) in [6.45, 7) is 6.62. The molecule has 0 radical (unpaired) electrons. The van der Waals surface area contributed by atoms with E-state index in [9.17, 15) is 18.3 Å². The molecule has 1 unspecified atom stereocenters. The summed E-state index contributed by atoms with van der Waals surface area (Å²) in [5.74, 6) is 0. The van der Waals surface area contributed by atoms with Crippen LogP contribution in [0.2, 0.25) is 0 Å². The van der Waals surface area contributed by atoms with Gasteiger partial charge in [0.25, 0.3) is 0 Å². The van der Waals surface area contributed by atoms with Gasteiger partial charge in [0.05, 0.1) is 17.4 Å². The molecule has 0 aliphatic rings. The summed E-state index contributed by atoms with van der Waals surface area (Å²) < 4.78 is 41.3. The van der Waals surface area contributed by atoms with Crippen LogP contribution in [0.25, 0.3) is 10.6 Å². The minimum absolute atomic E-state index is 0.123. The van der Waals surface area contributed by atoms with Crippen LogP contribution in [0.1, 0.15) is 56.4 Å². The Morgan fingerprint density at radius 2 is 2.08 bits per heavy atom. The Morgan fingerprint density at radius 1 is 1.40 bits per heavy atom. The molecule has 0 bridgehead atoms. The molecule has 1 aromatic carbocycles. The van der Waals surface area contributed by atoms with E-state index in [-0.39, 0.29) is 11.3 Å². The number of hydrogen-bond acceptors (Lipinski definition) is 4. The highest BCUT2D eigenvalue weighted by molar-refractivity contribution is 7.13. The first kappa shape index (κ1) is 19.6. The van der Waals surface area contributed by atoms with Gasteiger partial charge in [-0.15, -0.1) is 11.3 Å². The topological polar surface area (TPSA) is 45.5 Å². The maximum atomic E-state index is 13.8. The number of aliphatic hydroxyl groups excluding tert-OH is 1. The van der Waals surface area contributed by atoms with Gasteiger partial charge in [0.15, 0.2) is 0 Å². The Kier molecular flexibility index (Phi) is 6.00. The summed E-state index contributed by atoms with van der Waals surface area (Å²) >= 11 is 1.34. The van der Waals surface area contributed by atoms with Crippen molar-refractivity contribution in [2.75, 3.05) is 0 Å². The number of nitrogens with zero attached hydrogens (tertiary/aromatic N) is 2. The van der Waals surface area contributed by atoms with E-state index < -0.39 is 17.8 Å². The van der Waals surface area contributed by atoms with Gasteiger partial charge in [0.1, 0.15) is 5.01 Å². The van der Waals surface area contributed by atoms with E-state index in [4.69, 9.17) is 0 Å². The molecule has 136 valence electrons. The molecule has 2 aromatic rings. The number of benzene rings is 1. The Morgan fingerprint density at radius 3 is 2.56 bits per heavy atom. The Hall–Kier alpha value is -1.73. The first-order chi connectivity index (χ1) is 11.7. The third kappa shape index (κ3) is 4.27. The second-order valence-electron chi connectivity index (χ2n) is 5.97. The first-order valence-corrected chi connectivity index (χ1v) is 8.91. The largest absolute Gasteiger partial charge is 0.418 e. The van der Waals surface area contributed by atoms with Crippen molar-refractivity contribution in [3.63, 3.8) is 0 Å². The predicted octanol–water partition coefficient (Wildman–Crippen LogP) is 6.08. The van der Waals surface area contributed by atoms with E-state index in [1.54, 1.807) is 25.4 Å². The van der Waals surface area contributed by atoms with Gasteiger partial charge >= 0.3 is 6.18 Å². The van der Waals surface area contributed by atoms with Crippen LogP contribution in [-0.2, 0) is 6.18 Å². The third-order valence-electron chi connectivity index (χ3n) is 3.90. The van der Waals surface area contributed by atoms with Crippen LogP contribution >= 0.6 is 11.3 Å². The first-order valence-electron chi connectivity index (χ1n) is 8.03. The number of aliphatic hydroxyl groups is 1. The number of thiazole rings is 1. The van der Waals surface area contributed by atoms with E-state index in [2.05, 4.69) is 9.98 Å². The van der Waals surface area contributed by atoms with Crippen molar-refractivity contribution in [2.45, 2.75) is 52.8 Å². The van der Waals surface area contributed by atoms with Crippen LogP contribution in [0.15, 0.2) is 22.6 Å². The van der Waals surface area contributed by atoms with Crippen molar-refractivity contribution in [3.8, 4) is 10.6 Å². The van der Waals surface area contributed by atoms with E-state index in [1.807, 2.05) is 6.92 Å². The molecular formula is C18H21F3N2OS. The van der Waals surface area contributed by atoms with E-state index in [1.165, 1.54) is 24.3 Å². The van der Waals surface area contributed by atoms with Crippen molar-refractivity contribution in [3.05, 3.63) is 34.3 Å². The molecule has 1 N–H and O–H groups in total. The lowest BCUT2D eigenvalue weighted by molar-refractivity contribution is -0.138.